The van der Waals surface area contributed by atoms with Crippen LogP contribution in [0.3, 0.4) is 0 Å². The number of aromatic amines is 1. The molecule has 0 radical (unpaired) electrons. The van der Waals surface area contributed by atoms with Gasteiger partial charge in [0.1, 0.15) is 5.65 Å². The predicted octanol–water partition coefficient (Wildman–Crippen LogP) is 3.26. The molecule has 0 saturated carbocycles. The minimum atomic E-state index is -0.135. The van der Waals surface area contributed by atoms with Gasteiger partial charge in [0.2, 0.25) is 0 Å². The summed E-state index contributed by atoms with van der Waals surface area (Å²) in [6.45, 7) is 2.83. The summed E-state index contributed by atoms with van der Waals surface area (Å²) in [6.07, 6.45) is 4.49. The van der Waals surface area contributed by atoms with Gasteiger partial charge < -0.3 is 15.6 Å². The fourth-order valence-corrected chi connectivity index (χ4v) is 3.74. The molecule has 3 heterocycles. The second-order valence-corrected chi connectivity index (χ2v) is 7.29. The van der Waals surface area contributed by atoms with Crippen LogP contribution >= 0.6 is 11.6 Å². The Balaban J connectivity index is 1.50. The molecule has 0 aliphatic carbocycles. The molecule has 2 aromatic heterocycles. The average molecular weight is 384 g/mol. The lowest BCUT2D eigenvalue weighted by atomic mass is 10.1. The van der Waals surface area contributed by atoms with Crippen molar-refractivity contribution in [2.24, 2.45) is 0 Å². The lowest BCUT2D eigenvalue weighted by molar-refractivity contribution is 0.0963. The first kappa shape index (κ1) is 17.8. The van der Waals surface area contributed by atoms with E-state index in [1.807, 2.05) is 24.4 Å². The normalized spacial score (nSPS) is 17.3. The molecule has 7 heteroatoms. The maximum absolute atomic E-state index is 12.3. The average Bonchev–Trinajstić information content (AvgIpc) is 3.33. The summed E-state index contributed by atoms with van der Waals surface area (Å²) < 4.78 is 0. The molecule has 140 valence electrons. The van der Waals surface area contributed by atoms with E-state index in [2.05, 4.69) is 37.6 Å². The Morgan fingerprint density at radius 3 is 2.93 bits per heavy atom. The zero-order chi connectivity index (χ0) is 18.8. The van der Waals surface area contributed by atoms with Crippen LogP contribution in [0.2, 0.25) is 5.02 Å². The Morgan fingerprint density at radius 1 is 1.33 bits per heavy atom. The molecule has 27 heavy (non-hydrogen) atoms. The number of carbonyl (C=O) groups excluding carboxylic acids is 1. The van der Waals surface area contributed by atoms with Crippen molar-refractivity contribution in [2.45, 2.75) is 19.0 Å². The summed E-state index contributed by atoms with van der Waals surface area (Å²) in [7, 11) is 1.64. The van der Waals surface area contributed by atoms with Gasteiger partial charge >= 0.3 is 0 Å². The van der Waals surface area contributed by atoms with Gasteiger partial charge in [-0.05, 0) is 30.2 Å². The van der Waals surface area contributed by atoms with E-state index < -0.39 is 0 Å². The van der Waals surface area contributed by atoms with E-state index in [1.165, 1.54) is 5.56 Å². The molecule has 3 N–H and O–H groups in total. The topological polar surface area (TPSA) is 73.0 Å². The highest BCUT2D eigenvalue weighted by molar-refractivity contribution is 6.30. The number of anilines is 1. The highest BCUT2D eigenvalue weighted by Gasteiger charge is 2.25. The summed E-state index contributed by atoms with van der Waals surface area (Å²) >= 11 is 5.97. The summed E-state index contributed by atoms with van der Waals surface area (Å²) in [6, 6.07) is 10.2. The quantitative estimate of drug-likeness (QED) is 0.632. The van der Waals surface area contributed by atoms with E-state index in [-0.39, 0.29) is 11.9 Å². The summed E-state index contributed by atoms with van der Waals surface area (Å²) in [5, 5.41) is 7.99. The minimum Gasteiger partial charge on any atom is -0.380 e. The third kappa shape index (κ3) is 3.77. The van der Waals surface area contributed by atoms with E-state index >= 15 is 0 Å². The number of hydrogen-bond donors (Lipinski definition) is 3. The second kappa shape index (κ2) is 7.58. The molecule has 3 aromatic rings. The van der Waals surface area contributed by atoms with Gasteiger partial charge in [0.25, 0.3) is 5.91 Å². The van der Waals surface area contributed by atoms with Crippen LogP contribution in [0.5, 0.6) is 0 Å². The summed E-state index contributed by atoms with van der Waals surface area (Å²) in [4.78, 5) is 22.2. The number of hydrogen-bond acceptors (Lipinski definition) is 4. The number of H-pyrrole nitrogens is 1. The Bertz CT molecular complexity index is 953. The number of pyridine rings is 1. The zero-order valence-corrected chi connectivity index (χ0v) is 15.9. The number of rotatable bonds is 5. The number of nitrogens with zero attached hydrogens (tertiary/aromatic N) is 2. The number of amides is 1. The van der Waals surface area contributed by atoms with Gasteiger partial charge in [-0.2, -0.15) is 0 Å². The maximum atomic E-state index is 12.3. The minimum absolute atomic E-state index is 0.135. The van der Waals surface area contributed by atoms with Crippen molar-refractivity contribution in [1.82, 2.24) is 20.2 Å². The standard InChI is InChI=1S/C20H22ClN5O/c1-22-20(27)17-10-24-19-16(6-8-23-19)18(17)25-15-7-9-26(12-15)11-13-2-4-14(21)5-3-13/h2-6,8,10,15H,7,9,11-12H2,1H3,(H,22,27)(H2,23,24,25)/t15-/m1/s1. The number of aromatic nitrogens is 2. The molecule has 6 nitrogen and oxygen atoms in total. The molecule has 1 saturated heterocycles. The van der Waals surface area contributed by atoms with Crippen LogP contribution in [-0.4, -0.2) is 47.0 Å². The third-order valence-corrected chi connectivity index (χ3v) is 5.25. The lowest BCUT2D eigenvalue weighted by Gasteiger charge is -2.19. The van der Waals surface area contributed by atoms with Crippen molar-refractivity contribution in [1.29, 1.82) is 0 Å². The van der Waals surface area contributed by atoms with Crippen LogP contribution in [0.1, 0.15) is 22.3 Å². The fraction of sp³-hybridized carbons (Fsp3) is 0.300. The second-order valence-electron chi connectivity index (χ2n) is 6.86. The Morgan fingerprint density at radius 2 is 2.15 bits per heavy atom. The van der Waals surface area contributed by atoms with Crippen molar-refractivity contribution in [2.75, 3.05) is 25.5 Å². The largest absolute Gasteiger partial charge is 0.380 e. The smallest absolute Gasteiger partial charge is 0.254 e. The fourth-order valence-electron chi connectivity index (χ4n) is 3.62. The van der Waals surface area contributed by atoms with E-state index in [9.17, 15) is 4.79 Å². The number of benzene rings is 1. The number of likely N-dealkylation sites (tertiary alicyclic amines) is 1. The predicted molar refractivity (Wildman–Crippen MR) is 108 cm³/mol. The van der Waals surface area contributed by atoms with Gasteiger partial charge in [0, 0.05) is 55.5 Å². The van der Waals surface area contributed by atoms with Crippen LogP contribution in [0, 0.1) is 0 Å². The van der Waals surface area contributed by atoms with Gasteiger partial charge in [-0.3, -0.25) is 9.69 Å². The van der Waals surface area contributed by atoms with Gasteiger partial charge in [0.05, 0.1) is 11.3 Å². The first-order valence-electron chi connectivity index (χ1n) is 9.05. The zero-order valence-electron chi connectivity index (χ0n) is 15.1. The van der Waals surface area contributed by atoms with Crippen LogP contribution < -0.4 is 10.6 Å². The van der Waals surface area contributed by atoms with Crippen molar-refractivity contribution in [3.63, 3.8) is 0 Å². The van der Waals surface area contributed by atoms with Gasteiger partial charge in [0.15, 0.2) is 0 Å². The number of fused-ring (bicyclic) bond motifs is 1. The highest BCUT2D eigenvalue weighted by Crippen LogP contribution is 2.28. The molecule has 0 bridgehead atoms. The number of halogens is 1. The van der Waals surface area contributed by atoms with E-state index in [4.69, 9.17) is 11.6 Å². The van der Waals surface area contributed by atoms with Crippen molar-refractivity contribution < 1.29 is 4.79 Å². The van der Waals surface area contributed by atoms with Gasteiger partial charge in [-0.1, -0.05) is 23.7 Å². The molecule has 4 rings (SSSR count). The molecular formula is C20H22ClN5O. The van der Waals surface area contributed by atoms with E-state index in [1.54, 1.807) is 13.2 Å². The van der Waals surface area contributed by atoms with Crippen molar-refractivity contribution in [3.05, 3.63) is 58.9 Å². The molecule has 1 aromatic carbocycles. The van der Waals surface area contributed by atoms with Crippen LogP contribution in [-0.2, 0) is 6.54 Å². The van der Waals surface area contributed by atoms with Crippen LogP contribution in [0.4, 0.5) is 5.69 Å². The first-order valence-corrected chi connectivity index (χ1v) is 9.43. The molecule has 1 fully saturated rings. The van der Waals surface area contributed by atoms with Gasteiger partial charge in [-0.15, -0.1) is 0 Å². The summed E-state index contributed by atoms with van der Waals surface area (Å²) in [5.41, 5.74) is 3.45. The first-order chi connectivity index (χ1) is 13.1. The third-order valence-electron chi connectivity index (χ3n) is 5.00. The van der Waals surface area contributed by atoms with Crippen LogP contribution in [0.15, 0.2) is 42.7 Å². The van der Waals surface area contributed by atoms with Gasteiger partial charge in [-0.25, -0.2) is 4.98 Å². The molecule has 1 aliphatic heterocycles. The Kier molecular flexibility index (Phi) is 5.01. The highest BCUT2D eigenvalue weighted by atomic mass is 35.5. The van der Waals surface area contributed by atoms with Crippen LogP contribution in [0.25, 0.3) is 11.0 Å². The molecule has 0 spiro atoms. The molecule has 1 atom stereocenters. The SMILES string of the molecule is CNC(=O)c1cnc2[nH]ccc2c1N[C@@H]1CCN(Cc2ccc(Cl)cc2)C1. The number of nitrogens with one attached hydrogen (secondary N) is 3. The molecule has 0 unspecified atom stereocenters. The number of carbonyl (C=O) groups is 1. The maximum Gasteiger partial charge on any atom is 0.254 e. The molecule has 1 aliphatic rings. The van der Waals surface area contributed by atoms with Crippen molar-refractivity contribution >= 4 is 34.2 Å². The summed E-state index contributed by atoms with van der Waals surface area (Å²) in [5.74, 6) is -0.135. The molecule has 1 amide bonds. The lowest BCUT2D eigenvalue weighted by Crippen LogP contribution is -2.28. The Hall–Kier alpha value is -2.57. The van der Waals surface area contributed by atoms with E-state index in [0.717, 1.165) is 47.8 Å². The Labute approximate surface area is 162 Å². The monoisotopic (exact) mass is 383 g/mol. The van der Waals surface area contributed by atoms with Crippen molar-refractivity contribution in [3.8, 4) is 0 Å². The molecular weight excluding hydrogens is 362 g/mol. The van der Waals surface area contributed by atoms with E-state index in [0.29, 0.717) is 5.56 Å².